The first-order valence-electron chi connectivity index (χ1n) is 10.5. The van der Waals surface area contributed by atoms with Crippen LogP contribution >= 0.6 is 11.3 Å². The molecule has 0 fully saturated rings. The molecule has 1 amide bonds. The number of ketones is 1. The van der Waals surface area contributed by atoms with Gasteiger partial charge in [0.05, 0.1) is 17.5 Å². The minimum absolute atomic E-state index is 0.0701. The molecule has 7 heteroatoms. The zero-order valence-electron chi connectivity index (χ0n) is 18.0. The van der Waals surface area contributed by atoms with Gasteiger partial charge in [0.1, 0.15) is 9.71 Å². The fraction of sp³-hybridized carbons (Fsp3) is 0.375. The van der Waals surface area contributed by atoms with E-state index in [-0.39, 0.29) is 17.1 Å². The molecule has 2 heterocycles. The molecule has 31 heavy (non-hydrogen) atoms. The summed E-state index contributed by atoms with van der Waals surface area (Å²) in [6.07, 6.45) is 1.82. The number of para-hydroxylation sites is 1. The molecule has 1 aliphatic rings. The van der Waals surface area contributed by atoms with Crippen LogP contribution < -0.4 is 11.1 Å². The number of thiophene rings is 1. The number of hydrogen-bond donors (Lipinski definition) is 3. The lowest BCUT2D eigenvalue weighted by atomic mass is 9.75. The van der Waals surface area contributed by atoms with Gasteiger partial charge in [-0.15, -0.1) is 11.3 Å². The second-order valence-corrected chi connectivity index (χ2v) is 10.00. The summed E-state index contributed by atoms with van der Waals surface area (Å²) in [5.41, 5.74) is 9.46. The van der Waals surface area contributed by atoms with Gasteiger partial charge in [-0.3, -0.25) is 9.59 Å². The number of pyridine rings is 1. The van der Waals surface area contributed by atoms with E-state index in [9.17, 15) is 14.7 Å². The highest BCUT2D eigenvalue weighted by atomic mass is 32.1. The van der Waals surface area contributed by atoms with Crippen molar-refractivity contribution in [3.05, 3.63) is 52.0 Å². The number of fused-ring (bicyclic) bond motifs is 2. The molecule has 0 bridgehead atoms. The number of carbonyl (C=O) groups is 2. The smallest absolute Gasteiger partial charge is 0.267 e. The van der Waals surface area contributed by atoms with Gasteiger partial charge in [-0.1, -0.05) is 39.0 Å². The van der Waals surface area contributed by atoms with E-state index in [0.29, 0.717) is 51.3 Å². The van der Waals surface area contributed by atoms with Gasteiger partial charge in [0.15, 0.2) is 5.78 Å². The third kappa shape index (κ3) is 4.20. The van der Waals surface area contributed by atoms with Gasteiger partial charge in [-0.2, -0.15) is 0 Å². The van der Waals surface area contributed by atoms with E-state index in [2.05, 4.69) is 19.2 Å². The van der Waals surface area contributed by atoms with Crippen LogP contribution in [-0.2, 0) is 12.8 Å². The average Bonchev–Trinajstić information content (AvgIpc) is 3.03. The molecule has 4 rings (SSSR count). The third-order valence-electron chi connectivity index (χ3n) is 5.78. The summed E-state index contributed by atoms with van der Waals surface area (Å²) in [7, 11) is 0. The molecule has 1 atom stereocenters. The monoisotopic (exact) mass is 437 g/mol. The molecule has 162 valence electrons. The maximum Gasteiger partial charge on any atom is 0.267 e. The van der Waals surface area contributed by atoms with Gasteiger partial charge in [0.25, 0.3) is 5.91 Å². The normalized spacial score (nSPS) is 16.2. The van der Waals surface area contributed by atoms with Crippen molar-refractivity contribution in [1.82, 2.24) is 4.98 Å². The minimum atomic E-state index is -0.468. The third-order valence-corrected chi connectivity index (χ3v) is 6.90. The van der Waals surface area contributed by atoms with Crippen molar-refractivity contribution >= 4 is 44.6 Å². The number of aliphatic hydroxyl groups is 1. The number of nitrogens with one attached hydrogen (secondary N) is 1. The van der Waals surface area contributed by atoms with E-state index in [1.807, 2.05) is 31.2 Å². The first-order valence-corrected chi connectivity index (χ1v) is 11.3. The van der Waals surface area contributed by atoms with Crippen molar-refractivity contribution in [2.75, 3.05) is 11.1 Å². The Morgan fingerprint density at radius 3 is 2.81 bits per heavy atom. The van der Waals surface area contributed by atoms with E-state index in [0.717, 1.165) is 17.7 Å². The van der Waals surface area contributed by atoms with Crippen molar-refractivity contribution in [2.24, 2.45) is 5.41 Å². The Kier molecular flexibility index (Phi) is 5.58. The van der Waals surface area contributed by atoms with Crippen molar-refractivity contribution < 1.29 is 14.7 Å². The topological polar surface area (TPSA) is 105 Å². The van der Waals surface area contributed by atoms with Crippen LogP contribution in [0.4, 0.5) is 11.4 Å². The van der Waals surface area contributed by atoms with Crippen LogP contribution in [0.25, 0.3) is 10.2 Å². The highest BCUT2D eigenvalue weighted by molar-refractivity contribution is 7.21. The average molecular weight is 438 g/mol. The van der Waals surface area contributed by atoms with E-state index >= 15 is 0 Å². The van der Waals surface area contributed by atoms with E-state index < -0.39 is 6.10 Å². The molecule has 0 spiro atoms. The van der Waals surface area contributed by atoms with Gasteiger partial charge < -0.3 is 16.2 Å². The number of amides is 1. The lowest BCUT2D eigenvalue weighted by Crippen LogP contribution is -2.27. The Morgan fingerprint density at radius 1 is 1.32 bits per heavy atom. The number of rotatable bonds is 5. The molecule has 1 aliphatic carbocycles. The van der Waals surface area contributed by atoms with Crippen molar-refractivity contribution in [3.8, 4) is 0 Å². The predicted molar refractivity (Wildman–Crippen MR) is 125 cm³/mol. The number of aliphatic hydroxyl groups excluding tert-OH is 1. The van der Waals surface area contributed by atoms with Crippen LogP contribution in [0.5, 0.6) is 0 Å². The van der Waals surface area contributed by atoms with Gasteiger partial charge in [0, 0.05) is 29.5 Å². The SMILES string of the molecule is CCC(O)Cc1ccccc1NC(=O)c1sc2nc3c(cc2c1N)C(=O)CC(C)(C)C3. The number of carbonyl (C=O) groups excluding carboxylic acids is 2. The lowest BCUT2D eigenvalue weighted by molar-refractivity contribution is 0.0910. The quantitative estimate of drug-likeness (QED) is 0.541. The Balaban J connectivity index is 1.67. The number of nitrogens with zero attached hydrogens (tertiary/aromatic N) is 1. The predicted octanol–water partition coefficient (Wildman–Crippen LogP) is 4.60. The number of Topliss-reactive ketones (excluding diaryl/α,β-unsaturated/α-hetero) is 1. The standard InChI is InChI=1S/C24H27N3O3S/c1-4-14(28)9-13-7-5-6-8-17(13)26-22(30)21-20(25)16-10-15-18(27-23(16)31-21)11-24(2,3)12-19(15)29/h5-8,10,14,28H,4,9,11-12,25H2,1-3H3,(H,26,30). The number of benzene rings is 1. The zero-order valence-corrected chi connectivity index (χ0v) is 18.8. The molecule has 1 unspecified atom stereocenters. The number of nitrogens with two attached hydrogens (primary N) is 1. The van der Waals surface area contributed by atoms with E-state index in [1.54, 1.807) is 6.07 Å². The van der Waals surface area contributed by atoms with Crippen LogP contribution in [0.2, 0.25) is 0 Å². The van der Waals surface area contributed by atoms with Gasteiger partial charge in [0.2, 0.25) is 0 Å². The van der Waals surface area contributed by atoms with Crippen molar-refractivity contribution in [2.45, 2.75) is 52.6 Å². The molecule has 1 aromatic carbocycles. The summed E-state index contributed by atoms with van der Waals surface area (Å²) in [5, 5.41) is 13.6. The Bertz CT molecular complexity index is 1180. The second kappa shape index (κ2) is 8.05. The number of anilines is 2. The highest BCUT2D eigenvalue weighted by Gasteiger charge is 2.33. The van der Waals surface area contributed by atoms with Crippen LogP contribution in [0, 0.1) is 5.41 Å². The van der Waals surface area contributed by atoms with Crippen LogP contribution in [0.1, 0.15) is 64.9 Å². The maximum atomic E-state index is 13.1. The molecule has 6 nitrogen and oxygen atoms in total. The molecule has 2 aromatic heterocycles. The summed E-state index contributed by atoms with van der Waals surface area (Å²) in [6.45, 7) is 6.05. The summed E-state index contributed by atoms with van der Waals surface area (Å²) in [4.78, 5) is 31.4. The van der Waals surface area contributed by atoms with E-state index in [4.69, 9.17) is 10.7 Å². The first-order chi connectivity index (χ1) is 14.7. The number of hydrogen-bond acceptors (Lipinski definition) is 6. The van der Waals surface area contributed by atoms with Crippen LogP contribution in [0.3, 0.4) is 0 Å². The highest BCUT2D eigenvalue weighted by Crippen LogP contribution is 2.39. The maximum absolute atomic E-state index is 13.1. The molecule has 0 saturated heterocycles. The van der Waals surface area contributed by atoms with E-state index in [1.165, 1.54) is 11.3 Å². The molecule has 0 saturated carbocycles. The Labute approximate surface area is 185 Å². The van der Waals surface area contributed by atoms with Crippen LogP contribution in [0.15, 0.2) is 30.3 Å². The summed E-state index contributed by atoms with van der Waals surface area (Å²) < 4.78 is 0. The second-order valence-electron chi connectivity index (χ2n) is 9.00. The molecule has 3 aromatic rings. The first kappa shape index (κ1) is 21.5. The molecule has 4 N–H and O–H groups in total. The Hall–Kier alpha value is -2.77. The molecular weight excluding hydrogens is 410 g/mol. The van der Waals surface area contributed by atoms with Crippen LogP contribution in [-0.4, -0.2) is 27.9 Å². The van der Waals surface area contributed by atoms with Crippen molar-refractivity contribution in [1.29, 1.82) is 0 Å². The number of aromatic nitrogens is 1. The minimum Gasteiger partial charge on any atom is -0.397 e. The fourth-order valence-electron chi connectivity index (χ4n) is 4.07. The largest absolute Gasteiger partial charge is 0.397 e. The lowest BCUT2D eigenvalue weighted by Gasteiger charge is -2.29. The summed E-state index contributed by atoms with van der Waals surface area (Å²) in [6, 6.07) is 9.23. The number of nitrogen functional groups attached to an aromatic ring is 1. The molecule has 0 aliphatic heterocycles. The zero-order chi connectivity index (χ0) is 22.3. The molecular formula is C24H27N3O3S. The molecule has 0 radical (unpaired) electrons. The summed E-state index contributed by atoms with van der Waals surface area (Å²) >= 11 is 1.24. The Morgan fingerprint density at radius 2 is 2.06 bits per heavy atom. The van der Waals surface area contributed by atoms with Gasteiger partial charge in [-0.05, 0) is 36.0 Å². The van der Waals surface area contributed by atoms with Gasteiger partial charge >= 0.3 is 0 Å². The summed E-state index contributed by atoms with van der Waals surface area (Å²) in [5.74, 6) is -0.246. The van der Waals surface area contributed by atoms with Crippen molar-refractivity contribution in [3.63, 3.8) is 0 Å². The fourth-order valence-corrected chi connectivity index (χ4v) is 5.06. The van der Waals surface area contributed by atoms with Gasteiger partial charge in [-0.25, -0.2) is 4.98 Å².